The molecule has 1 aromatic rings. The summed E-state index contributed by atoms with van der Waals surface area (Å²) in [4.78, 5) is 6.48. The number of anilines is 1. The summed E-state index contributed by atoms with van der Waals surface area (Å²) in [6, 6.07) is 3.96. The summed E-state index contributed by atoms with van der Waals surface area (Å²) < 4.78 is 10.1. The Balaban J connectivity index is 2.69. The molecule has 6 heteroatoms. The minimum atomic E-state index is 0.0941. The van der Waals surface area contributed by atoms with Gasteiger partial charge < -0.3 is 24.8 Å². The third-order valence-electron chi connectivity index (χ3n) is 2.90. The van der Waals surface area contributed by atoms with E-state index in [0.29, 0.717) is 26.3 Å². The predicted molar refractivity (Wildman–Crippen MR) is 79.0 cm³/mol. The number of aliphatic hydroxyl groups is 1. The van der Waals surface area contributed by atoms with E-state index in [1.54, 1.807) is 20.4 Å². The molecule has 2 N–H and O–H groups in total. The molecule has 1 aromatic heterocycles. The molecule has 0 saturated heterocycles. The van der Waals surface area contributed by atoms with E-state index in [1.165, 1.54) is 0 Å². The molecule has 0 unspecified atom stereocenters. The minimum Gasteiger partial charge on any atom is -0.395 e. The van der Waals surface area contributed by atoms with E-state index in [2.05, 4.69) is 10.3 Å². The van der Waals surface area contributed by atoms with Crippen LogP contribution in [0.25, 0.3) is 0 Å². The summed E-state index contributed by atoms with van der Waals surface area (Å²) in [5, 5.41) is 12.5. The highest BCUT2D eigenvalue weighted by Crippen LogP contribution is 2.16. The molecule has 0 radical (unpaired) electrons. The maximum Gasteiger partial charge on any atom is 0.133 e. The van der Waals surface area contributed by atoms with Gasteiger partial charge in [0.25, 0.3) is 0 Å². The zero-order valence-electron chi connectivity index (χ0n) is 12.3. The summed E-state index contributed by atoms with van der Waals surface area (Å²) in [6.07, 6.45) is 1.77. The number of hydrogen-bond acceptors (Lipinski definition) is 6. The first-order valence-electron chi connectivity index (χ1n) is 6.81. The fraction of sp³-hybridized carbons (Fsp3) is 0.643. The molecule has 0 aromatic carbocycles. The fourth-order valence-electron chi connectivity index (χ4n) is 1.90. The number of nitrogens with zero attached hydrogens (tertiary/aromatic N) is 2. The van der Waals surface area contributed by atoms with Crippen LogP contribution in [0.3, 0.4) is 0 Å². The third-order valence-corrected chi connectivity index (χ3v) is 2.90. The van der Waals surface area contributed by atoms with Crippen LogP contribution in [0.5, 0.6) is 0 Å². The number of pyridine rings is 1. The van der Waals surface area contributed by atoms with E-state index in [0.717, 1.165) is 24.5 Å². The summed E-state index contributed by atoms with van der Waals surface area (Å²) in [5.74, 6) is 0.892. The van der Waals surface area contributed by atoms with Crippen molar-refractivity contribution in [3.05, 3.63) is 23.9 Å². The normalized spacial score (nSPS) is 10.8. The van der Waals surface area contributed by atoms with Crippen molar-refractivity contribution in [2.24, 2.45) is 0 Å². The Morgan fingerprint density at radius 2 is 2.05 bits per heavy atom. The lowest BCUT2D eigenvalue weighted by atomic mass is 10.2. The molecule has 0 fully saturated rings. The van der Waals surface area contributed by atoms with Gasteiger partial charge in [0.05, 0.1) is 19.8 Å². The molecule has 0 amide bonds. The van der Waals surface area contributed by atoms with Crippen molar-refractivity contribution in [3.8, 4) is 0 Å². The van der Waals surface area contributed by atoms with Crippen LogP contribution in [-0.4, -0.2) is 63.8 Å². The second kappa shape index (κ2) is 10.6. The van der Waals surface area contributed by atoms with Crippen LogP contribution in [0.15, 0.2) is 18.3 Å². The van der Waals surface area contributed by atoms with Crippen molar-refractivity contribution < 1.29 is 14.6 Å². The van der Waals surface area contributed by atoms with Gasteiger partial charge in [0.2, 0.25) is 0 Å². The highest BCUT2D eigenvalue weighted by molar-refractivity contribution is 5.46. The summed E-state index contributed by atoms with van der Waals surface area (Å²) in [7, 11) is 3.35. The van der Waals surface area contributed by atoms with Crippen LogP contribution in [0.1, 0.15) is 5.56 Å². The van der Waals surface area contributed by atoms with E-state index >= 15 is 0 Å². The molecule has 20 heavy (non-hydrogen) atoms. The number of ether oxygens (including phenoxy) is 2. The number of rotatable bonds is 11. The molecule has 0 bridgehead atoms. The molecule has 1 heterocycles. The number of nitrogens with one attached hydrogen (secondary N) is 1. The Hall–Kier alpha value is -1.21. The molecule has 0 atom stereocenters. The zero-order chi connectivity index (χ0) is 14.6. The molecule has 6 nitrogen and oxygen atoms in total. The summed E-state index contributed by atoms with van der Waals surface area (Å²) >= 11 is 0. The first-order chi connectivity index (χ1) is 9.83. The molecule has 114 valence electrons. The first-order valence-corrected chi connectivity index (χ1v) is 6.81. The second-order valence-corrected chi connectivity index (χ2v) is 4.36. The number of aromatic nitrogens is 1. The van der Waals surface area contributed by atoms with Crippen molar-refractivity contribution >= 4 is 5.82 Å². The third kappa shape index (κ3) is 5.83. The largest absolute Gasteiger partial charge is 0.395 e. The molecule has 0 aliphatic heterocycles. The quantitative estimate of drug-likeness (QED) is 0.568. The Kier molecular flexibility index (Phi) is 8.90. The second-order valence-electron chi connectivity index (χ2n) is 4.36. The van der Waals surface area contributed by atoms with Crippen molar-refractivity contribution in [1.29, 1.82) is 0 Å². The van der Waals surface area contributed by atoms with Gasteiger partial charge in [-0.3, -0.25) is 0 Å². The lowest BCUT2D eigenvalue weighted by Gasteiger charge is -2.25. The van der Waals surface area contributed by atoms with Crippen LogP contribution < -0.4 is 10.2 Å². The van der Waals surface area contributed by atoms with E-state index in [4.69, 9.17) is 9.47 Å². The predicted octanol–water partition coefficient (Wildman–Crippen LogP) is 0.263. The van der Waals surface area contributed by atoms with Crippen molar-refractivity contribution in [3.63, 3.8) is 0 Å². The SMILES string of the molecule is COCCNCc1cccnc1N(CCO)CCOC. The molecular formula is C14H25N3O3. The highest BCUT2D eigenvalue weighted by Gasteiger charge is 2.11. The maximum atomic E-state index is 9.19. The maximum absolute atomic E-state index is 9.19. The topological polar surface area (TPSA) is 66.9 Å². The van der Waals surface area contributed by atoms with Gasteiger partial charge in [-0.15, -0.1) is 0 Å². The molecule has 0 saturated carbocycles. The van der Waals surface area contributed by atoms with Gasteiger partial charge >= 0.3 is 0 Å². The van der Waals surface area contributed by atoms with Gasteiger partial charge in [-0.25, -0.2) is 4.98 Å². The molecule has 0 aliphatic carbocycles. The van der Waals surface area contributed by atoms with E-state index in [1.807, 2.05) is 17.0 Å². The van der Waals surface area contributed by atoms with Gasteiger partial charge in [-0.2, -0.15) is 0 Å². The smallest absolute Gasteiger partial charge is 0.133 e. The first kappa shape index (κ1) is 16.8. The Morgan fingerprint density at radius 1 is 1.25 bits per heavy atom. The fourth-order valence-corrected chi connectivity index (χ4v) is 1.90. The van der Waals surface area contributed by atoms with Crippen molar-refractivity contribution in [1.82, 2.24) is 10.3 Å². The Bertz CT molecular complexity index is 363. The standard InChI is InChI=1S/C14H25N3O3/c1-19-10-6-15-12-13-4-3-5-16-14(13)17(7-9-18)8-11-20-2/h3-5,15,18H,6-12H2,1-2H3. The average molecular weight is 283 g/mol. The lowest BCUT2D eigenvalue weighted by molar-refractivity contribution is 0.199. The van der Waals surface area contributed by atoms with Crippen LogP contribution >= 0.6 is 0 Å². The molecule has 0 aliphatic rings. The lowest BCUT2D eigenvalue weighted by Crippen LogP contribution is -2.32. The summed E-state index contributed by atoms with van der Waals surface area (Å²) in [6.45, 7) is 4.15. The van der Waals surface area contributed by atoms with E-state index < -0.39 is 0 Å². The zero-order valence-corrected chi connectivity index (χ0v) is 12.3. The Morgan fingerprint density at radius 3 is 2.75 bits per heavy atom. The Labute approximate surface area is 120 Å². The van der Waals surface area contributed by atoms with Gasteiger partial charge in [0, 0.05) is 52.2 Å². The molecule has 0 spiro atoms. The van der Waals surface area contributed by atoms with Crippen molar-refractivity contribution in [2.75, 3.05) is 58.6 Å². The monoisotopic (exact) mass is 283 g/mol. The van der Waals surface area contributed by atoms with Gasteiger partial charge in [-0.05, 0) is 6.07 Å². The van der Waals surface area contributed by atoms with Gasteiger partial charge in [0.15, 0.2) is 0 Å². The highest BCUT2D eigenvalue weighted by atomic mass is 16.5. The van der Waals surface area contributed by atoms with Gasteiger partial charge in [-0.1, -0.05) is 6.07 Å². The van der Waals surface area contributed by atoms with Crippen LogP contribution in [-0.2, 0) is 16.0 Å². The summed E-state index contributed by atoms with van der Waals surface area (Å²) in [5.41, 5.74) is 1.10. The van der Waals surface area contributed by atoms with Crippen molar-refractivity contribution in [2.45, 2.75) is 6.54 Å². The van der Waals surface area contributed by atoms with E-state index in [-0.39, 0.29) is 6.61 Å². The number of hydrogen-bond donors (Lipinski definition) is 2. The van der Waals surface area contributed by atoms with Gasteiger partial charge in [0.1, 0.15) is 5.82 Å². The number of methoxy groups -OCH3 is 2. The van der Waals surface area contributed by atoms with Crippen LogP contribution in [0.2, 0.25) is 0 Å². The average Bonchev–Trinajstić information content (AvgIpc) is 2.48. The van der Waals surface area contributed by atoms with E-state index in [9.17, 15) is 5.11 Å². The minimum absolute atomic E-state index is 0.0941. The molecule has 1 rings (SSSR count). The molecular weight excluding hydrogens is 258 g/mol. The van der Waals surface area contributed by atoms with Crippen LogP contribution in [0.4, 0.5) is 5.82 Å². The van der Waals surface area contributed by atoms with Crippen LogP contribution in [0, 0.1) is 0 Å². The number of aliphatic hydroxyl groups excluding tert-OH is 1.